The van der Waals surface area contributed by atoms with Crippen molar-refractivity contribution in [3.05, 3.63) is 0 Å². The van der Waals surface area contributed by atoms with Crippen LogP contribution in [0.15, 0.2) is 0 Å². The van der Waals surface area contributed by atoms with Crippen LogP contribution in [-0.2, 0) is 14.2 Å². The van der Waals surface area contributed by atoms with Crippen LogP contribution < -0.4 is 5.73 Å². The lowest BCUT2D eigenvalue weighted by Gasteiger charge is -2.42. The van der Waals surface area contributed by atoms with Crippen molar-refractivity contribution < 1.29 is 32.5 Å². The number of hydrogen-bond acceptors (Lipinski definition) is 5. The van der Waals surface area contributed by atoms with Gasteiger partial charge in [-0.05, 0) is 19.3 Å². The second kappa shape index (κ2) is 6.15. The summed E-state index contributed by atoms with van der Waals surface area (Å²) in [7, 11) is 0. The highest BCUT2D eigenvalue weighted by Crippen LogP contribution is 2.41. The van der Waals surface area contributed by atoms with Crippen molar-refractivity contribution in [2.24, 2.45) is 5.73 Å². The van der Waals surface area contributed by atoms with E-state index in [2.05, 4.69) is 4.74 Å². The highest BCUT2D eigenvalue weighted by atomic mass is 19.4. The smallest absolute Gasteiger partial charge is 0.388 e. The number of nitrogens with two attached hydrogens (primary N) is 1. The molecule has 1 unspecified atom stereocenters. The lowest BCUT2D eigenvalue weighted by Crippen LogP contribution is -2.50. The molecule has 0 spiro atoms. The van der Waals surface area contributed by atoms with Crippen molar-refractivity contribution in [3.8, 4) is 0 Å². The molecule has 118 valence electrons. The average molecular weight is 299 g/mol. The Balaban J connectivity index is 1.78. The van der Waals surface area contributed by atoms with Crippen LogP contribution in [0.25, 0.3) is 0 Å². The molecule has 1 saturated heterocycles. The van der Waals surface area contributed by atoms with Crippen LogP contribution >= 0.6 is 0 Å². The second-order valence-electron chi connectivity index (χ2n) is 5.40. The number of ether oxygens (including phenoxy) is 3. The largest absolute Gasteiger partial charge is 0.524 e. The minimum Gasteiger partial charge on any atom is -0.388 e. The Bertz CT molecular complexity index is 314. The molecule has 1 aliphatic carbocycles. The molecule has 1 saturated carbocycles. The van der Waals surface area contributed by atoms with Gasteiger partial charge in [-0.1, -0.05) is 0 Å². The van der Waals surface area contributed by atoms with Crippen LogP contribution in [0.1, 0.15) is 32.1 Å². The fourth-order valence-electron chi connectivity index (χ4n) is 2.39. The predicted octanol–water partition coefficient (Wildman–Crippen LogP) is 1.29. The number of rotatable bonds is 5. The van der Waals surface area contributed by atoms with Crippen LogP contribution in [0.3, 0.4) is 0 Å². The molecule has 0 bridgehead atoms. The first-order valence-electron chi connectivity index (χ1n) is 6.76. The van der Waals surface area contributed by atoms with Crippen molar-refractivity contribution in [2.45, 2.75) is 62.5 Å². The third kappa shape index (κ3) is 4.29. The molecule has 8 heteroatoms. The molecule has 2 rings (SSSR count). The summed E-state index contributed by atoms with van der Waals surface area (Å²) in [5.41, 5.74) is 5.66. The molecule has 2 fully saturated rings. The van der Waals surface area contributed by atoms with E-state index in [-0.39, 0.29) is 25.5 Å². The van der Waals surface area contributed by atoms with E-state index in [9.17, 15) is 18.3 Å². The summed E-state index contributed by atoms with van der Waals surface area (Å²) >= 11 is 0. The Hall–Kier alpha value is -0.410. The van der Waals surface area contributed by atoms with E-state index < -0.39 is 24.4 Å². The summed E-state index contributed by atoms with van der Waals surface area (Å²) in [6, 6.07) is -0.0501. The maximum Gasteiger partial charge on any atom is 0.524 e. The Morgan fingerprint density at radius 3 is 2.50 bits per heavy atom. The molecule has 1 heterocycles. The molecular formula is C12H20F3NO4. The van der Waals surface area contributed by atoms with Gasteiger partial charge in [0.05, 0.1) is 19.3 Å². The van der Waals surface area contributed by atoms with Gasteiger partial charge >= 0.3 is 6.36 Å². The van der Waals surface area contributed by atoms with Gasteiger partial charge in [-0.15, -0.1) is 13.2 Å². The number of hydrogen-bond donors (Lipinski definition) is 2. The van der Waals surface area contributed by atoms with Gasteiger partial charge in [0, 0.05) is 18.9 Å². The first-order chi connectivity index (χ1) is 9.30. The number of aliphatic hydroxyl groups excluding tert-OH is 1. The Kier molecular flexibility index (Phi) is 4.91. The molecule has 2 aliphatic rings. The van der Waals surface area contributed by atoms with Crippen LogP contribution in [0.4, 0.5) is 13.2 Å². The molecular weight excluding hydrogens is 279 g/mol. The lowest BCUT2D eigenvalue weighted by atomic mass is 9.91. The normalized spacial score (nSPS) is 31.6. The number of halogens is 3. The molecule has 20 heavy (non-hydrogen) atoms. The maximum atomic E-state index is 12.3. The van der Waals surface area contributed by atoms with Gasteiger partial charge in [0.15, 0.2) is 5.79 Å². The second-order valence-corrected chi connectivity index (χ2v) is 5.40. The highest BCUT2D eigenvalue weighted by molar-refractivity contribution is 4.83. The molecule has 0 radical (unpaired) electrons. The Morgan fingerprint density at radius 2 is 2.05 bits per heavy atom. The quantitative estimate of drug-likeness (QED) is 0.748. The van der Waals surface area contributed by atoms with Crippen molar-refractivity contribution in [3.63, 3.8) is 0 Å². The number of aliphatic hydroxyl groups is 1. The van der Waals surface area contributed by atoms with E-state index >= 15 is 0 Å². The Morgan fingerprint density at radius 1 is 1.35 bits per heavy atom. The van der Waals surface area contributed by atoms with Gasteiger partial charge in [-0.2, -0.15) is 0 Å². The molecule has 0 aromatic heterocycles. The third-order valence-corrected chi connectivity index (χ3v) is 3.71. The molecule has 1 aliphatic heterocycles. The van der Waals surface area contributed by atoms with Gasteiger partial charge in [-0.25, -0.2) is 0 Å². The van der Waals surface area contributed by atoms with Gasteiger partial charge < -0.3 is 20.3 Å². The van der Waals surface area contributed by atoms with E-state index in [1.807, 2.05) is 0 Å². The molecule has 3 N–H and O–H groups in total. The van der Waals surface area contributed by atoms with Gasteiger partial charge in [0.25, 0.3) is 0 Å². The summed E-state index contributed by atoms with van der Waals surface area (Å²) in [4.78, 5) is 0. The van der Waals surface area contributed by atoms with Crippen LogP contribution in [0.5, 0.6) is 0 Å². The van der Waals surface area contributed by atoms with E-state index in [4.69, 9.17) is 15.2 Å². The standard InChI is InChI=1S/C12H20F3NO4/c13-12(14,15)20-11(4-1-5-11)19-7-9(17)10-3-2-8(16)6-18-10/h8-10,17H,1-7,16H2/t8-,9?,10+/m1/s1. The van der Waals surface area contributed by atoms with E-state index in [1.165, 1.54) is 0 Å². The minimum atomic E-state index is -4.74. The minimum absolute atomic E-state index is 0.0501. The van der Waals surface area contributed by atoms with Gasteiger partial charge in [-0.3, -0.25) is 4.74 Å². The van der Waals surface area contributed by atoms with E-state index in [0.717, 1.165) is 0 Å². The van der Waals surface area contributed by atoms with Crippen LogP contribution in [0.2, 0.25) is 0 Å². The van der Waals surface area contributed by atoms with Crippen molar-refractivity contribution in [1.82, 2.24) is 0 Å². The first-order valence-corrected chi connectivity index (χ1v) is 6.76. The molecule has 0 aromatic rings. The zero-order valence-electron chi connectivity index (χ0n) is 11.1. The molecule has 5 nitrogen and oxygen atoms in total. The monoisotopic (exact) mass is 299 g/mol. The highest BCUT2D eigenvalue weighted by Gasteiger charge is 2.49. The zero-order chi connectivity index (χ0) is 14.8. The van der Waals surface area contributed by atoms with Crippen LogP contribution in [-0.4, -0.2) is 48.7 Å². The summed E-state index contributed by atoms with van der Waals surface area (Å²) < 4.78 is 51.4. The van der Waals surface area contributed by atoms with E-state index in [0.29, 0.717) is 25.9 Å². The topological polar surface area (TPSA) is 73.9 Å². The average Bonchev–Trinajstić information content (AvgIpc) is 2.31. The maximum absolute atomic E-state index is 12.3. The van der Waals surface area contributed by atoms with Crippen molar-refractivity contribution >= 4 is 0 Å². The summed E-state index contributed by atoms with van der Waals surface area (Å²) in [5.74, 6) is -1.63. The van der Waals surface area contributed by atoms with Crippen molar-refractivity contribution in [1.29, 1.82) is 0 Å². The first kappa shape index (κ1) is 16.0. The fraction of sp³-hybridized carbons (Fsp3) is 1.00. The third-order valence-electron chi connectivity index (χ3n) is 3.71. The summed E-state index contributed by atoms with van der Waals surface area (Å²) in [5, 5.41) is 9.91. The fourth-order valence-corrected chi connectivity index (χ4v) is 2.39. The predicted molar refractivity (Wildman–Crippen MR) is 62.6 cm³/mol. The lowest BCUT2D eigenvalue weighted by molar-refractivity contribution is -0.436. The molecule has 0 aromatic carbocycles. The number of alkyl halides is 3. The van der Waals surface area contributed by atoms with Gasteiger partial charge in [0.1, 0.15) is 6.10 Å². The zero-order valence-corrected chi connectivity index (χ0v) is 11.1. The van der Waals surface area contributed by atoms with E-state index in [1.54, 1.807) is 0 Å². The van der Waals surface area contributed by atoms with Gasteiger partial charge in [0.2, 0.25) is 0 Å². The Labute approximate surface area is 115 Å². The van der Waals surface area contributed by atoms with Crippen molar-refractivity contribution in [2.75, 3.05) is 13.2 Å². The molecule has 3 atom stereocenters. The molecule has 0 amide bonds. The van der Waals surface area contributed by atoms with Crippen LogP contribution in [0, 0.1) is 0 Å². The summed E-state index contributed by atoms with van der Waals surface area (Å²) in [6.45, 7) is 0.0991. The summed E-state index contributed by atoms with van der Waals surface area (Å²) in [6.07, 6.45) is -3.91. The SMILES string of the molecule is N[C@@H]1CC[C@@H](C(O)COC2(OC(F)(F)F)CCC2)OC1.